The van der Waals surface area contributed by atoms with Gasteiger partial charge in [-0.2, -0.15) is 0 Å². The first kappa shape index (κ1) is 13.1. The van der Waals surface area contributed by atoms with Gasteiger partial charge in [-0.05, 0) is 30.9 Å². The molecule has 108 valence electrons. The number of hydrogen-bond donors (Lipinski definition) is 1. The van der Waals surface area contributed by atoms with Gasteiger partial charge in [0.2, 0.25) is 0 Å². The molecule has 5 heteroatoms. The SMILES string of the molecule is COc1ccc2c(c1C(CC(=O)O)C1CC1)OCCO2. The number of rotatable bonds is 5. The zero-order valence-electron chi connectivity index (χ0n) is 11.4. The molecule has 1 saturated carbocycles. The zero-order chi connectivity index (χ0) is 14.1. The third kappa shape index (κ3) is 2.40. The molecule has 1 fully saturated rings. The minimum absolute atomic E-state index is 0.0703. The van der Waals surface area contributed by atoms with E-state index in [4.69, 9.17) is 14.2 Å². The lowest BCUT2D eigenvalue weighted by Crippen LogP contribution is -2.19. The van der Waals surface area contributed by atoms with E-state index in [1.54, 1.807) is 7.11 Å². The Morgan fingerprint density at radius 1 is 1.40 bits per heavy atom. The molecule has 0 bridgehead atoms. The largest absolute Gasteiger partial charge is 0.496 e. The number of fused-ring (bicyclic) bond motifs is 1. The Kier molecular flexibility index (Phi) is 3.42. The summed E-state index contributed by atoms with van der Waals surface area (Å²) in [4.78, 5) is 11.2. The molecule has 1 aromatic carbocycles. The van der Waals surface area contributed by atoms with E-state index in [1.165, 1.54) is 0 Å². The van der Waals surface area contributed by atoms with Crippen molar-refractivity contribution >= 4 is 5.97 Å². The number of benzene rings is 1. The highest BCUT2D eigenvalue weighted by Crippen LogP contribution is 2.52. The van der Waals surface area contributed by atoms with Crippen LogP contribution in [0, 0.1) is 5.92 Å². The maximum absolute atomic E-state index is 11.2. The van der Waals surface area contributed by atoms with Crippen LogP contribution in [0.3, 0.4) is 0 Å². The van der Waals surface area contributed by atoms with Crippen molar-refractivity contribution in [2.75, 3.05) is 20.3 Å². The average Bonchev–Trinajstić information content (AvgIpc) is 3.28. The van der Waals surface area contributed by atoms with Gasteiger partial charge in [-0.25, -0.2) is 0 Å². The van der Waals surface area contributed by atoms with Gasteiger partial charge in [0.05, 0.1) is 13.5 Å². The predicted octanol–water partition coefficient (Wildman–Crippen LogP) is 2.43. The molecule has 1 unspecified atom stereocenters. The average molecular weight is 278 g/mol. The van der Waals surface area contributed by atoms with Crippen molar-refractivity contribution in [2.24, 2.45) is 5.92 Å². The number of aliphatic carboxylic acids is 1. The van der Waals surface area contributed by atoms with Gasteiger partial charge >= 0.3 is 5.97 Å². The summed E-state index contributed by atoms with van der Waals surface area (Å²) in [7, 11) is 1.60. The van der Waals surface area contributed by atoms with Gasteiger partial charge in [0.15, 0.2) is 11.5 Å². The van der Waals surface area contributed by atoms with Gasteiger partial charge in [0.1, 0.15) is 19.0 Å². The van der Waals surface area contributed by atoms with E-state index in [9.17, 15) is 9.90 Å². The van der Waals surface area contributed by atoms with Crippen LogP contribution in [0.4, 0.5) is 0 Å². The van der Waals surface area contributed by atoms with Crippen molar-refractivity contribution in [3.05, 3.63) is 17.7 Å². The number of hydrogen-bond acceptors (Lipinski definition) is 4. The summed E-state index contributed by atoms with van der Waals surface area (Å²) in [6.45, 7) is 1.00. The topological polar surface area (TPSA) is 65.0 Å². The molecule has 20 heavy (non-hydrogen) atoms. The molecule has 5 nitrogen and oxygen atoms in total. The van der Waals surface area contributed by atoms with Crippen LogP contribution in [-0.4, -0.2) is 31.4 Å². The van der Waals surface area contributed by atoms with Crippen molar-refractivity contribution in [3.63, 3.8) is 0 Å². The molecule has 1 aliphatic carbocycles. The molecule has 0 spiro atoms. The highest BCUT2D eigenvalue weighted by atomic mass is 16.6. The fraction of sp³-hybridized carbons (Fsp3) is 0.533. The molecular formula is C15H18O5. The Morgan fingerprint density at radius 2 is 2.15 bits per heavy atom. The quantitative estimate of drug-likeness (QED) is 0.896. The molecule has 1 heterocycles. The molecule has 2 aliphatic rings. The predicted molar refractivity (Wildman–Crippen MR) is 71.7 cm³/mol. The smallest absolute Gasteiger partial charge is 0.303 e. The van der Waals surface area contributed by atoms with Gasteiger partial charge in [-0.3, -0.25) is 4.79 Å². The van der Waals surface area contributed by atoms with Crippen LogP contribution < -0.4 is 14.2 Å². The molecule has 3 rings (SSSR count). The van der Waals surface area contributed by atoms with Crippen LogP contribution in [0.15, 0.2) is 12.1 Å². The summed E-state index contributed by atoms with van der Waals surface area (Å²) < 4.78 is 16.8. The van der Waals surface area contributed by atoms with Crippen molar-refractivity contribution < 1.29 is 24.1 Å². The van der Waals surface area contributed by atoms with E-state index in [2.05, 4.69) is 0 Å². The summed E-state index contributed by atoms with van der Waals surface area (Å²) in [6.07, 6.45) is 2.22. The molecule has 0 radical (unpaired) electrons. The molecule has 1 atom stereocenters. The Morgan fingerprint density at radius 3 is 2.80 bits per heavy atom. The number of methoxy groups -OCH3 is 1. The second-order valence-corrected chi connectivity index (χ2v) is 5.25. The summed E-state index contributed by atoms with van der Waals surface area (Å²) in [5.74, 6) is 1.57. The first-order chi connectivity index (χ1) is 9.70. The minimum Gasteiger partial charge on any atom is -0.496 e. The highest BCUT2D eigenvalue weighted by molar-refractivity contribution is 5.69. The molecular weight excluding hydrogens is 260 g/mol. The van der Waals surface area contributed by atoms with E-state index in [-0.39, 0.29) is 12.3 Å². The van der Waals surface area contributed by atoms with Gasteiger partial charge in [-0.1, -0.05) is 0 Å². The first-order valence-electron chi connectivity index (χ1n) is 6.89. The highest BCUT2D eigenvalue weighted by Gasteiger charge is 2.38. The lowest BCUT2D eigenvalue weighted by Gasteiger charge is -2.26. The standard InChI is InChI=1S/C15H18O5/c1-18-11-4-5-12-15(20-7-6-19-12)14(11)10(8-13(16)17)9-2-3-9/h4-5,9-10H,2-3,6-8H2,1H3,(H,16,17). The molecule has 0 saturated heterocycles. The van der Waals surface area contributed by atoms with Crippen LogP contribution >= 0.6 is 0 Å². The number of carboxylic acids is 1. The van der Waals surface area contributed by atoms with Crippen LogP contribution in [0.25, 0.3) is 0 Å². The minimum atomic E-state index is -0.793. The zero-order valence-corrected chi connectivity index (χ0v) is 11.4. The Balaban J connectivity index is 2.06. The Hall–Kier alpha value is -1.91. The first-order valence-corrected chi connectivity index (χ1v) is 6.89. The summed E-state index contributed by atoms with van der Waals surface area (Å²) >= 11 is 0. The number of carbonyl (C=O) groups is 1. The second kappa shape index (κ2) is 5.23. The molecule has 0 aromatic heterocycles. The van der Waals surface area contributed by atoms with Crippen molar-refractivity contribution in [1.29, 1.82) is 0 Å². The van der Waals surface area contributed by atoms with Crippen molar-refractivity contribution in [3.8, 4) is 17.2 Å². The van der Waals surface area contributed by atoms with Crippen LogP contribution in [0.1, 0.15) is 30.7 Å². The van der Waals surface area contributed by atoms with E-state index in [0.717, 1.165) is 18.4 Å². The number of carboxylic acid groups (broad SMARTS) is 1. The van der Waals surface area contributed by atoms with Crippen molar-refractivity contribution in [1.82, 2.24) is 0 Å². The fourth-order valence-corrected chi connectivity index (χ4v) is 2.84. The van der Waals surface area contributed by atoms with E-state index >= 15 is 0 Å². The molecule has 0 amide bonds. The normalized spacial score (nSPS) is 18.4. The van der Waals surface area contributed by atoms with Gasteiger partial charge in [-0.15, -0.1) is 0 Å². The lowest BCUT2D eigenvalue weighted by atomic mass is 9.89. The van der Waals surface area contributed by atoms with Crippen LogP contribution in [0.5, 0.6) is 17.2 Å². The number of ether oxygens (including phenoxy) is 3. The monoisotopic (exact) mass is 278 g/mol. The molecule has 1 aromatic rings. The summed E-state index contributed by atoms with van der Waals surface area (Å²) in [5.41, 5.74) is 0.856. The van der Waals surface area contributed by atoms with Crippen LogP contribution in [0.2, 0.25) is 0 Å². The van der Waals surface area contributed by atoms with E-state index in [0.29, 0.717) is 36.4 Å². The third-order valence-electron chi connectivity index (χ3n) is 3.88. The lowest BCUT2D eigenvalue weighted by molar-refractivity contribution is -0.137. The fourth-order valence-electron chi connectivity index (χ4n) is 2.84. The maximum Gasteiger partial charge on any atom is 0.303 e. The van der Waals surface area contributed by atoms with Crippen LogP contribution in [-0.2, 0) is 4.79 Å². The van der Waals surface area contributed by atoms with Gasteiger partial charge in [0, 0.05) is 11.5 Å². The maximum atomic E-state index is 11.2. The van der Waals surface area contributed by atoms with E-state index < -0.39 is 5.97 Å². The van der Waals surface area contributed by atoms with Gasteiger partial charge < -0.3 is 19.3 Å². The Labute approximate surface area is 117 Å². The van der Waals surface area contributed by atoms with Crippen molar-refractivity contribution in [2.45, 2.75) is 25.2 Å². The molecule has 1 aliphatic heterocycles. The van der Waals surface area contributed by atoms with Gasteiger partial charge in [0.25, 0.3) is 0 Å². The third-order valence-corrected chi connectivity index (χ3v) is 3.88. The summed E-state index contributed by atoms with van der Waals surface area (Å²) in [6, 6.07) is 3.65. The summed E-state index contributed by atoms with van der Waals surface area (Å²) in [5, 5.41) is 9.18. The van der Waals surface area contributed by atoms with E-state index in [1.807, 2.05) is 12.1 Å². The molecule has 1 N–H and O–H groups in total. The Bertz CT molecular complexity index is 521. The second-order valence-electron chi connectivity index (χ2n) is 5.25.